The number of aromatic nitrogens is 2. The minimum atomic E-state index is -0.292. The largest absolute Gasteiger partial charge is 0.507 e. The van der Waals surface area contributed by atoms with Crippen LogP contribution in [-0.2, 0) is 0 Å². The highest BCUT2D eigenvalue weighted by molar-refractivity contribution is 5.93. The van der Waals surface area contributed by atoms with Gasteiger partial charge in [0.15, 0.2) is 0 Å². The third-order valence-corrected chi connectivity index (χ3v) is 5.93. The van der Waals surface area contributed by atoms with E-state index in [1.54, 1.807) is 18.2 Å². The minimum absolute atomic E-state index is 0.0497. The predicted molar refractivity (Wildman–Crippen MR) is 137 cm³/mol. The zero-order valence-electron chi connectivity index (χ0n) is 19.1. The van der Waals surface area contributed by atoms with Gasteiger partial charge in [0.25, 0.3) is 5.56 Å². The molecule has 4 nitrogen and oxygen atoms in total. The third kappa shape index (κ3) is 3.90. The van der Waals surface area contributed by atoms with Gasteiger partial charge in [0.1, 0.15) is 5.75 Å². The molecular formula is C30H24N2O2. The van der Waals surface area contributed by atoms with Crippen molar-refractivity contribution >= 4 is 0 Å². The summed E-state index contributed by atoms with van der Waals surface area (Å²) in [6, 6.07) is 32.5. The van der Waals surface area contributed by atoms with Gasteiger partial charge in [-0.05, 0) is 37.6 Å². The average Bonchev–Trinajstić information content (AvgIpc) is 2.86. The maximum Gasteiger partial charge on any atom is 0.280 e. The van der Waals surface area contributed by atoms with Crippen molar-refractivity contribution < 1.29 is 5.11 Å². The fourth-order valence-electron chi connectivity index (χ4n) is 4.12. The monoisotopic (exact) mass is 444 g/mol. The van der Waals surface area contributed by atoms with Gasteiger partial charge in [-0.3, -0.25) is 4.79 Å². The summed E-state index contributed by atoms with van der Waals surface area (Å²) in [4.78, 5) is 14.0. The van der Waals surface area contributed by atoms with E-state index in [4.69, 9.17) is 5.10 Å². The van der Waals surface area contributed by atoms with Gasteiger partial charge in [-0.15, -0.1) is 0 Å². The van der Waals surface area contributed by atoms with Gasteiger partial charge in [0.05, 0.1) is 16.9 Å². The van der Waals surface area contributed by atoms with Crippen molar-refractivity contribution in [1.29, 1.82) is 0 Å². The number of para-hydroxylation sites is 2. The smallest absolute Gasteiger partial charge is 0.280 e. The minimum Gasteiger partial charge on any atom is -0.507 e. The van der Waals surface area contributed by atoms with Crippen LogP contribution in [0.15, 0.2) is 108 Å². The van der Waals surface area contributed by atoms with E-state index in [-0.39, 0.29) is 11.3 Å². The van der Waals surface area contributed by atoms with E-state index in [1.807, 2.05) is 98.8 Å². The Labute approximate surface area is 198 Å². The molecule has 1 aromatic heterocycles. The molecular weight excluding hydrogens is 420 g/mol. The third-order valence-electron chi connectivity index (χ3n) is 5.93. The first kappa shape index (κ1) is 21.4. The van der Waals surface area contributed by atoms with Crippen molar-refractivity contribution in [2.24, 2.45) is 0 Å². The van der Waals surface area contributed by atoms with E-state index < -0.39 is 0 Å². The van der Waals surface area contributed by atoms with E-state index >= 15 is 0 Å². The molecule has 0 aliphatic carbocycles. The Bertz CT molecular complexity index is 1520. The molecule has 0 bridgehead atoms. The molecule has 0 radical (unpaired) electrons. The molecule has 0 aliphatic rings. The van der Waals surface area contributed by atoms with Crippen LogP contribution in [0.3, 0.4) is 0 Å². The van der Waals surface area contributed by atoms with Crippen LogP contribution in [0.5, 0.6) is 5.75 Å². The molecule has 5 rings (SSSR count). The first-order valence-corrected chi connectivity index (χ1v) is 11.2. The van der Waals surface area contributed by atoms with E-state index in [0.717, 1.165) is 22.3 Å². The van der Waals surface area contributed by atoms with Crippen molar-refractivity contribution in [3.63, 3.8) is 0 Å². The van der Waals surface area contributed by atoms with Crippen molar-refractivity contribution in [3.8, 4) is 44.9 Å². The lowest BCUT2D eigenvalue weighted by Gasteiger charge is -2.18. The Morgan fingerprint density at radius 1 is 0.647 bits per heavy atom. The summed E-state index contributed by atoms with van der Waals surface area (Å²) in [7, 11) is 0. The van der Waals surface area contributed by atoms with Crippen LogP contribution in [0.2, 0.25) is 0 Å². The number of rotatable bonds is 4. The van der Waals surface area contributed by atoms with E-state index in [1.165, 1.54) is 4.68 Å². The van der Waals surface area contributed by atoms with Crippen LogP contribution in [-0.4, -0.2) is 14.9 Å². The molecule has 0 amide bonds. The molecule has 5 aromatic rings. The lowest BCUT2D eigenvalue weighted by molar-refractivity contribution is 0.477. The Balaban J connectivity index is 1.96. The summed E-state index contributed by atoms with van der Waals surface area (Å²) in [5, 5.41) is 15.7. The average molecular weight is 445 g/mol. The predicted octanol–water partition coefficient (Wildman–Crippen LogP) is 6.56. The molecule has 0 atom stereocenters. The maximum absolute atomic E-state index is 14.0. The van der Waals surface area contributed by atoms with Gasteiger partial charge < -0.3 is 5.11 Å². The first-order chi connectivity index (χ1) is 16.5. The number of benzene rings is 4. The van der Waals surface area contributed by atoms with E-state index in [2.05, 4.69) is 0 Å². The molecule has 0 aliphatic heterocycles. The van der Waals surface area contributed by atoms with E-state index in [0.29, 0.717) is 28.1 Å². The number of aryl methyl sites for hydroxylation is 2. The summed E-state index contributed by atoms with van der Waals surface area (Å²) in [6.07, 6.45) is 0. The van der Waals surface area contributed by atoms with Crippen LogP contribution in [0.25, 0.3) is 39.2 Å². The second kappa shape index (κ2) is 8.83. The van der Waals surface area contributed by atoms with Gasteiger partial charge in [0, 0.05) is 16.7 Å². The molecule has 4 heteroatoms. The normalized spacial score (nSPS) is 10.9. The molecule has 166 valence electrons. The zero-order valence-corrected chi connectivity index (χ0v) is 19.1. The van der Waals surface area contributed by atoms with Gasteiger partial charge in [-0.1, -0.05) is 96.1 Å². The number of phenols is 1. The summed E-state index contributed by atoms with van der Waals surface area (Å²) < 4.78 is 1.43. The molecule has 0 unspecified atom stereocenters. The molecule has 4 aromatic carbocycles. The van der Waals surface area contributed by atoms with Gasteiger partial charge in [-0.2, -0.15) is 9.78 Å². The van der Waals surface area contributed by atoms with Crippen molar-refractivity contribution in [3.05, 3.63) is 125 Å². The summed E-state index contributed by atoms with van der Waals surface area (Å²) in [5.74, 6) is 0.0497. The maximum atomic E-state index is 14.0. The summed E-state index contributed by atoms with van der Waals surface area (Å²) in [5.41, 5.74) is 6.64. The van der Waals surface area contributed by atoms with E-state index in [9.17, 15) is 9.90 Å². The number of nitrogens with zero attached hydrogens (tertiary/aromatic N) is 2. The van der Waals surface area contributed by atoms with Crippen molar-refractivity contribution in [1.82, 2.24) is 9.78 Å². The van der Waals surface area contributed by atoms with Crippen LogP contribution in [0.4, 0.5) is 0 Å². The molecule has 1 heterocycles. The highest BCUT2D eigenvalue weighted by Gasteiger charge is 2.23. The summed E-state index contributed by atoms with van der Waals surface area (Å²) >= 11 is 0. The topological polar surface area (TPSA) is 55.1 Å². The van der Waals surface area contributed by atoms with Crippen LogP contribution < -0.4 is 5.56 Å². The number of hydrogen-bond donors (Lipinski definition) is 1. The van der Waals surface area contributed by atoms with Crippen molar-refractivity contribution in [2.75, 3.05) is 0 Å². The van der Waals surface area contributed by atoms with Gasteiger partial charge in [-0.25, -0.2) is 0 Å². The van der Waals surface area contributed by atoms with Crippen LogP contribution in [0.1, 0.15) is 11.1 Å². The molecule has 0 saturated carbocycles. The number of phenolic OH excluding ortho intramolecular Hbond substituents is 1. The quantitative estimate of drug-likeness (QED) is 0.342. The standard InChI is InChI=1S/C30H24N2O2/c1-20-12-16-22(17-13-20)27-28(25-10-6-7-11-26(25)33)30(34)32(24-8-4-3-5-9-24)31-29(27)23-18-14-21(2)15-19-23/h3-19,33H,1-2H3. The van der Waals surface area contributed by atoms with Gasteiger partial charge in [0.2, 0.25) is 0 Å². The Morgan fingerprint density at radius 2 is 1.21 bits per heavy atom. The van der Waals surface area contributed by atoms with Crippen LogP contribution in [0, 0.1) is 13.8 Å². The summed E-state index contributed by atoms with van der Waals surface area (Å²) in [6.45, 7) is 4.07. The number of hydrogen-bond acceptors (Lipinski definition) is 3. The highest BCUT2D eigenvalue weighted by Crippen LogP contribution is 2.40. The van der Waals surface area contributed by atoms with Crippen LogP contribution >= 0.6 is 0 Å². The SMILES string of the molecule is Cc1ccc(-c2nn(-c3ccccc3)c(=O)c(-c3ccccc3O)c2-c2ccc(C)cc2)cc1. The molecule has 0 saturated heterocycles. The lowest BCUT2D eigenvalue weighted by Crippen LogP contribution is -2.25. The second-order valence-electron chi connectivity index (χ2n) is 8.40. The fourth-order valence-corrected chi connectivity index (χ4v) is 4.12. The Hall–Kier alpha value is -4.44. The Kier molecular flexibility index (Phi) is 5.56. The Morgan fingerprint density at radius 3 is 1.82 bits per heavy atom. The lowest BCUT2D eigenvalue weighted by atomic mass is 9.91. The molecule has 34 heavy (non-hydrogen) atoms. The molecule has 0 spiro atoms. The fraction of sp³-hybridized carbons (Fsp3) is 0.0667. The number of aromatic hydroxyl groups is 1. The van der Waals surface area contributed by atoms with Crippen molar-refractivity contribution in [2.45, 2.75) is 13.8 Å². The first-order valence-electron chi connectivity index (χ1n) is 11.2. The second-order valence-corrected chi connectivity index (χ2v) is 8.40. The van der Waals surface area contributed by atoms with Gasteiger partial charge >= 0.3 is 0 Å². The molecule has 1 N–H and O–H groups in total. The molecule has 0 fully saturated rings. The zero-order chi connectivity index (χ0) is 23.7. The highest BCUT2D eigenvalue weighted by atomic mass is 16.3.